The van der Waals surface area contributed by atoms with Gasteiger partial charge in [-0.25, -0.2) is 3.11 Å². The monoisotopic (exact) mass is 253 g/mol. The molecule has 2 aliphatic rings. The Labute approximate surface area is 75.6 Å². The summed E-state index contributed by atoms with van der Waals surface area (Å²) >= 11 is 2.44. The van der Waals surface area contributed by atoms with Crippen molar-refractivity contribution in [1.82, 2.24) is 3.11 Å². The minimum Gasteiger partial charge on any atom is -0.355 e. The number of nitrogens with zero attached hydrogens (tertiary/aromatic N) is 1. The number of hydrogen-bond acceptors (Lipinski definition) is 1. The van der Waals surface area contributed by atoms with E-state index in [1.54, 1.807) is 0 Å². The number of fused-ring (bicyclic) bond motifs is 1. The lowest BCUT2D eigenvalue weighted by Gasteiger charge is -2.08. The molecule has 2 rings (SSSR count). The summed E-state index contributed by atoms with van der Waals surface area (Å²) in [6.45, 7) is 2.61. The van der Waals surface area contributed by atoms with Crippen molar-refractivity contribution in [2.24, 2.45) is 11.8 Å². The first-order chi connectivity index (χ1) is 4.77. The lowest BCUT2D eigenvalue weighted by Crippen LogP contribution is -2.63. The smallest absolute Gasteiger partial charge is 0.0888 e. The van der Waals surface area contributed by atoms with Crippen LogP contribution in [0, 0.1) is 11.8 Å². The normalized spacial score (nSPS) is 48.0. The molecule has 3 N–H and O–H groups in total. The second kappa shape index (κ2) is 2.60. The zero-order valence-electron chi connectivity index (χ0n) is 6.09. The van der Waals surface area contributed by atoms with Crippen LogP contribution in [0.25, 0.3) is 0 Å². The van der Waals surface area contributed by atoms with Crippen LogP contribution in [0.15, 0.2) is 0 Å². The molecule has 3 heteroatoms. The SMILES string of the molecule is [NH3+]C1CCC2CN(I)CC12. The van der Waals surface area contributed by atoms with Crippen LogP contribution in [-0.4, -0.2) is 22.2 Å². The lowest BCUT2D eigenvalue weighted by molar-refractivity contribution is -0.428. The Morgan fingerprint density at radius 2 is 2.10 bits per heavy atom. The molecule has 1 saturated heterocycles. The molecule has 3 atom stereocenters. The summed E-state index contributed by atoms with van der Waals surface area (Å²) in [5, 5.41) is 0. The van der Waals surface area contributed by atoms with Crippen molar-refractivity contribution in [3.8, 4) is 0 Å². The van der Waals surface area contributed by atoms with Crippen LogP contribution in [0.4, 0.5) is 0 Å². The zero-order chi connectivity index (χ0) is 7.14. The van der Waals surface area contributed by atoms with Crippen molar-refractivity contribution in [2.45, 2.75) is 18.9 Å². The number of quaternary nitrogens is 1. The van der Waals surface area contributed by atoms with Crippen molar-refractivity contribution < 1.29 is 5.73 Å². The summed E-state index contributed by atoms with van der Waals surface area (Å²) in [4.78, 5) is 0. The van der Waals surface area contributed by atoms with Crippen molar-refractivity contribution in [1.29, 1.82) is 0 Å². The summed E-state index contributed by atoms with van der Waals surface area (Å²) in [6.07, 6.45) is 2.80. The van der Waals surface area contributed by atoms with Gasteiger partial charge in [0.15, 0.2) is 0 Å². The minimum absolute atomic E-state index is 0.754. The van der Waals surface area contributed by atoms with E-state index >= 15 is 0 Å². The van der Waals surface area contributed by atoms with Crippen LogP contribution in [0.5, 0.6) is 0 Å². The van der Waals surface area contributed by atoms with Gasteiger partial charge in [0, 0.05) is 41.9 Å². The third-order valence-corrected chi connectivity index (χ3v) is 3.75. The van der Waals surface area contributed by atoms with E-state index in [0.717, 1.165) is 17.9 Å². The molecule has 0 aromatic heterocycles. The molecular weight excluding hydrogens is 239 g/mol. The quantitative estimate of drug-likeness (QED) is 0.488. The van der Waals surface area contributed by atoms with E-state index < -0.39 is 0 Å². The standard InChI is InChI=1S/C7H13IN2/c8-10-3-5-1-2-7(9)6(5)4-10/h5-7H,1-4,9H2/p+1. The highest BCUT2D eigenvalue weighted by Crippen LogP contribution is 2.37. The molecule has 1 aliphatic carbocycles. The van der Waals surface area contributed by atoms with Gasteiger partial charge >= 0.3 is 0 Å². The van der Waals surface area contributed by atoms with Gasteiger partial charge in [0.25, 0.3) is 0 Å². The predicted octanol–water partition coefficient (Wildman–Crippen LogP) is 0.289. The average Bonchev–Trinajstić information content (AvgIpc) is 2.35. The fourth-order valence-corrected chi connectivity index (χ4v) is 3.28. The van der Waals surface area contributed by atoms with Crippen LogP contribution in [0.1, 0.15) is 12.8 Å². The highest BCUT2D eigenvalue weighted by atomic mass is 127. The maximum Gasteiger partial charge on any atom is 0.0888 e. The van der Waals surface area contributed by atoms with Gasteiger partial charge in [0.2, 0.25) is 0 Å². The van der Waals surface area contributed by atoms with Crippen LogP contribution in [0.3, 0.4) is 0 Å². The predicted molar refractivity (Wildman–Crippen MR) is 48.5 cm³/mol. The van der Waals surface area contributed by atoms with E-state index in [2.05, 4.69) is 31.7 Å². The fraction of sp³-hybridized carbons (Fsp3) is 1.00. The Hall–Kier alpha value is 0.650. The first kappa shape index (κ1) is 7.31. The van der Waals surface area contributed by atoms with Gasteiger partial charge in [-0.1, -0.05) is 0 Å². The third-order valence-electron chi connectivity index (χ3n) is 2.96. The molecule has 2 fully saturated rings. The van der Waals surface area contributed by atoms with Crippen LogP contribution < -0.4 is 5.73 Å². The Morgan fingerprint density at radius 1 is 1.30 bits per heavy atom. The topological polar surface area (TPSA) is 30.9 Å². The van der Waals surface area contributed by atoms with E-state index in [1.165, 1.54) is 25.9 Å². The summed E-state index contributed by atoms with van der Waals surface area (Å²) < 4.78 is 2.42. The molecule has 2 nitrogen and oxygen atoms in total. The Balaban J connectivity index is 2.05. The van der Waals surface area contributed by atoms with Gasteiger partial charge < -0.3 is 5.73 Å². The van der Waals surface area contributed by atoms with Crippen molar-refractivity contribution in [3.05, 3.63) is 0 Å². The number of hydrogen-bond donors (Lipinski definition) is 1. The van der Waals surface area contributed by atoms with Gasteiger partial charge in [-0.2, -0.15) is 0 Å². The van der Waals surface area contributed by atoms with Gasteiger partial charge in [-0.3, -0.25) is 0 Å². The average molecular weight is 253 g/mol. The highest BCUT2D eigenvalue weighted by Gasteiger charge is 2.42. The second-order valence-corrected chi connectivity index (χ2v) is 4.95. The maximum absolute atomic E-state index is 4.18. The molecule has 0 radical (unpaired) electrons. The van der Waals surface area contributed by atoms with Crippen molar-refractivity contribution >= 4 is 22.9 Å². The molecule has 1 aliphatic heterocycles. The van der Waals surface area contributed by atoms with Gasteiger partial charge in [0.1, 0.15) is 0 Å². The van der Waals surface area contributed by atoms with Gasteiger partial charge in [-0.15, -0.1) is 0 Å². The fourth-order valence-electron chi connectivity index (χ4n) is 2.32. The lowest BCUT2D eigenvalue weighted by atomic mass is 9.98. The molecule has 3 unspecified atom stereocenters. The van der Waals surface area contributed by atoms with E-state index in [-0.39, 0.29) is 0 Å². The van der Waals surface area contributed by atoms with Crippen LogP contribution >= 0.6 is 22.9 Å². The summed E-state index contributed by atoms with van der Waals surface area (Å²) in [7, 11) is 0. The first-order valence-electron chi connectivity index (χ1n) is 4.01. The Kier molecular flexibility index (Phi) is 1.90. The third kappa shape index (κ3) is 1.08. The van der Waals surface area contributed by atoms with E-state index in [4.69, 9.17) is 0 Å². The molecule has 10 heavy (non-hydrogen) atoms. The highest BCUT2D eigenvalue weighted by molar-refractivity contribution is 14.1. The molecular formula is C7H14IN2+. The van der Waals surface area contributed by atoms with E-state index in [1.807, 2.05) is 0 Å². The van der Waals surface area contributed by atoms with Gasteiger partial charge in [0.05, 0.1) is 6.04 Å². The van der Waals surface area contributed by atoms with Crippen molar-refractivity contribution in [2.75, 3.05) is 13.1 Å². The summed E-state index contributed by atoms with van der Waals surface area (Å²) in [5.74, 6) is 1.91. The molecule has 0 spiro atoms. The molecule has 0 aromatic rings. The number of rotatable bonds is 0. The largest absolute Gasteiger partial charge is 0.355 e. The molecule has 1 heterocycles. The Morgan fingerprint density at radius 3 is 2.80 bits per heavy atom. The first-order valence-corrected chi connectivity index (χ1v) is 4.97. The zero-order valence-corrected chi connectivity index (χ0v) is 8.25. The van der Waals surface area contributed by atoms with E-state index in [9.17, 15) is 0 Å². The molecule has 1 saturated carbocycles. The molecule has 0 aromatic carbocycles. The van der Waals surface area contributed by atoms with Crippen LogP contribution in [-0.2, 0) is 0 Å². The summed E-state index contributed by atoms with van der Waals surface area (Å²) in [5.41, 5.74) is 4.18. The van der Waals surface area contributed by atoms with Gasteiger partial charge in [-0.05, 0) is 18.8 Å². The Bertz CT molecular complexity index is 140. The second-order valence-electron chi connectivity index (χ2n) is 3.59. The molecule has 58 valence electrons. The maximum atomic E-state index is 4.18. The minimum atomic E-state index is 0.754. The number of halogens is 1. The molecule has 0 bridgehead atoms. The van der Waals surface area contributed by atoms with Crippen molar-refractivity contribution in [3.63, 3.8) is 0 Å². The van der Waals surface area contributed by atoms with Crippen LogP contribution in [0.2, 0.25) is 0 Å². The summed E-state index contributed by atoms with van der Waals surface area (Å²) in [6, 6.07) is 0.754. The van der Waals surface area contributed by atoms with E-state index in [0.29, 0.717) is 0 Å². The molecule has 0 amide bonds.